The van der Waals surface area contributed by atoms with Crippen LogP contribution in [0.1, 0.15) is 18.4 Å². The van der Waals surface area contributed by atoms with Crippen LogP contribution in [-0.2, 0) is 31.2 Å². The summed E-state index contributed by atoms with van der Waals surface area (Å²) in [7, 11) is -7.75. The number of rotatable bonds is 8. The van der Waals surface area contributed by atoms with E-state index in [1.807, 2.05) is 0 Å². The Morgan fingerprint density at radius 3 is 2.40 bits per heavy atom. The van der Waals surface area contributed by atoms with E-state index in [0.717, 1.165) is 10.6 Å². The highest BCUT2D eigenvalue weighted by atomic mass is 35.5. The number of piperidine rings is 1. The molecule has 2 heterocycles. The summed E-state index contributed by atoms with van der Waals surface area (Å²) in [5.41, 5.74) is 1.24. The summed E-state index contributed by atoms with van der Waals surface area (Å²) in [6.07, 6.45) is 4.84. The van der Waals surface area contributed by atoms with Gasteiger partial charge in [0.15, 0.2) is 9.84 Å². The first-order valence-electron chi connectivity index (χ1n) is 13.0. The summed E-state index contributed by atoms with van der Waals surface area (Å²) in [5, 5.41) is 0.366. The van der Waals surface area contributed by atoms with E-state index in [0.29, 0.717) is 28.1 Å². The van der Waals surface area contributed by atoms with Crippen molar-refractivity contribution < 1.29 is 26.0 Å². The van der Waals surface area contributed by atoms with Crippen LogP contribution >= 0.6 is 11.6 Å². The molecule has 1 unspecified atom stereocenters. The molecule has 0 aliphatic carbocycles. The Bertz CT molecular complexity index is 1840. The molecule has 5 rings (SSSR count). The molecule has 12 heteroatoms. The van der Waals surface area contributed by atoms with Crippen molar-refractivity contribution in [2.45, 2.75) is 35.2 Å². The lowest BCUT2D eigenvalue weighted by molar-refractivity contribution is -0.123. The molecule has 1 saturated heterocycles. The van der Waals surface area contributed by atoms with Crippen LogP contribution in [0.15, 0.2) is 101 Å². The van der Waals surface area contributed by atoms with Gasteiger partial charge < -0.3 is 4.90 Å². The molecular weight excluding hydrogens is 601 g/mol. The fourth-order valence-corrected chi connectivity index (χ4v) is 7.70. The Balaban J connectivity index is 1.51. The molecule has 0 N–H and O–H groups in total. The van der Waals surface area contributed by atoms with Gasteiger partial charge in [0.05, 0.1) is 15.5 Å². The van der Waals surface area contributed by atoms with Crippen LogP contribution in [0.3, 0.4) is 0 Å². The van der Waals surface area contributed by atoms with E-state index in [2.05, 4.69) is 4.98 Å². The molecule has 42 heavy (non-hydrogen) atoms. The minimum absolute atomic E-state index is 0.0181. The molecule has 0 spiro atoms. The molecule has 0 bridgehead atoms. The van der Waals surface area contributed by atoms with E-state index >= 15 is 4.39 Å². The van der Waals surface area contributed by atoms with Gasteiger partial charge in [-0.2, -0.15) is 4.31 Å². The zero-order chi connectivity index (χ0) is 30.1. The molecule has 1 aliphatic rings. The fraction of sp³-hybridized carbons (Fsp3) is 0.200. The van der Waals surface area contributed by atoms with Crippen LogP contribution in [0, 0.1) is 5.82 Å². The Morgan fingerprint density at radius 1 is 1.00 bits per heavy atom. The third-order valence-corrected chi connectivity index (χ3v) is 10.4. The van der Waals surface area contributed by atoms with Crippen LogP contribution in [0.5, 0.6) is 0 Å². The first-order chi connectivity index (χ1) is 20.0. The number of benzene rings is 3. The molecule has 1 amide bonds. The van der Waals surface area contributed by atoms with Crippen LogP contribution in [-0.4, -0.2) is 50.9 Å². The monoisotopic (exact) mass is 627 g/mol. The lowest BCUT2D eigenvalue weighted by atomic mass is 10.0. The zero-order valence-corrected chi connectivity index (χ0v) is 24.9. The normalized spacial score (nSPS) is 16.1. The van der Waals surface area contributed by atoms with Crippen molar-refractivity contribution in [1.82, 2.24) is 9.29 Å². The third kappa shape index (κ3) is 6.10. The molecule has 218 valence electrons. The first-order valence-corrected chi connectivity index (χ1v) is 16.7. The van der Waals surface area contributed by atoms with Gasteiger partial charge in [-0.05, 0) is 72.5 Å². The minimum Gasteiger partial charge on any atom is -0.308 e. The molecule has 4 aromatic rings. The quantitative estimate of drug-likeness (QED) is 0.262. The standard InChI is InChI=1S/C30H27ClFN3O5S2/c1-41(37,38)29-9-3-2-7-25(29)22-10-15-27(26(32)18-22)34-17-5-8-28(30(34)36)35(20-21-6-4-16-33-19-21)42(39,40)24-13-11-23(31)12-14-24/h2-4,6-7,9-16,18-19,28H,5,8,17,20H2,1H3. The number of pyridine rings is 1. The number of hydrogen-bond donors (Lipinski definition) is 0. The Hall–Kier alpha value is -3.64. The van der Waals surface area contributed by atoms with Gasteiger partial charge >= 0.3 is 0 Å². The van der Waals surface area contributed by atoms with E-state index in [4.69, 9.17) is 11.6 Å². The summed E-state index contributed by atoms with van der Waals surface area (Å²) >= 11 is 5.98. The van der Waals surface area contributed by atoms with Crippen molar-refractivity contribution >= 4 is 43.1 Å². The number of amides is 1. The molecule has 1 fully saturated rings. The molecule has 0 saturated carbocycles. The predicted molar refractivity (Wildman–Crippen MR) is 159 cm³/mol. The Morgan fingerprint density at radius 2 is 1.74 bits per heavy atom. The average Bonchev–Trinajstić information content (AvgIpc) is 2.97. The second kappa shape index (κ2) is 11.9. The minimum atomic E-state index is -4.18. The number of carbonyl (C=O) groups excluding carboxylic acids is 1. The average molecular weight is 628 g/mol. The van der Waals surface area contributed by atoms with Crippen molar-refractivity contribution in [3.05, 3.63) is 108 Å². The number of sulfone groups is 1. The van der Waals surface area contributed by atoms with Crippen LogP contribution < -0.4 is 4.90 Å². The van der Waals surface area contributed by atoms with E-state index in [9.17, 15) is 21.6 Å². The van der Waals surface area contributed by atoms with Crippen molar-refractivity contribution in [2.75, 3.05) is 17.7 Å². The van der Waals surface area contributed by atoms with Crippen molar-refractivity contribution in [3.8, 4) is 11.1 Å². The SMILES string of the molecule is CS(=O)(=O)c1ccccc1-c1ccc(N2CCCC(N(Cc3cccnc3)S(=O)(=O)c3ccc(Cl)cc3)C2=O)c(F)c1. The summed E-state index contributed by atoms with van der Waals surface area (Å²) in [5.74, 6) is -1.30. The molecule has 1 aliphatic heterocycles. The smallest absolute Gasteiger partial charge is 0.245 e. The van der Waals surface area contributed by atoms with Gasteiger partial charge in [0.1, 0.15) is 11.9 Å². The molecular formula is C30H27ClFN3O5S2. The van der Waals surface area contributed by atoms with Crippen molar-refractivity contribution in [2.24, 2.45) is 0 Å². The van der Waals surface area contributed by atoms with Crippen LogP contribution in [0.25, 0.3) is 11.1 Å². The summed E-state index contributed by atoms with van der Waals surface area (Å²) in [4.78, 5) is 19.3. The van der Waals surface area contributed by atoms with E-state index in [-0.39, 0.29) is 35.0 Å². The van der Waals surface area contributed by atoms with Gasteiger partial charge in [-0.1, -0.05) is 41.9 Å². The number of carbonyl (C=O) groups is 1. The fourth-order valence-electron chi connectivity index (χ4n) is 5.06. The Kier molecular flexibility index (Phi) is 8.47. The first kappa shape index (κ1) is 29.8. The maximum atomic E-state index is 15.6. The maximum absolute atomic E-state index is 15.6. The molecule has 3 aromatic carbocycles. The number of hydrogen-bond acceptors (Lipinski definition) is 6. The summed E-state index contributed by atoms with van der Waals surface area (Å²) in [6.45, 7) is 0.0694. The van der Waals surface area contributed by atoms with Gasteiger partial charge in [-0.25, -0.2) is 21.2 Å². The number of anilines is 1. The maximum Gasteiger partial charge on any atom is 0.245 e. The second-order valence-corrected chi connectivity index (χ2v) is 14.3. The number of aromatic nitrogens is 1. The predicted octanol–water partition coefficient (Wildman–Crippen LogP) is 5.33. The molecule has 1 atom stereocenters. The lowest BCUT2D eigenvalue weighted by Crippen LogP contribution is -2.54. The topological polar surface area (TPSA) is 105 Å². The van der Waals surface area contributed by atoms with E-state index < -0.39 is 37.6 Å². The van der Waals surface area contributed by atoms with E-state index in [1.54, 1.807) is 42.6 Å². The number of nitrogens with zero attached hydrogens (tertiary/aromatic N) is 3. The van der Waals surface area contributed by atoms with E-state index in [1.165, 1.54) is 53.6 Å². The van der Waals surface area contributed by atoms with Gasteiger partial charge in [0, 0.05) is 42.3 Å². The Labute approximate surface area is 249 Å². The molecule has 0 radical (unpaired) electrons. The van der Waals surface area contributed by atoms with Crippen LogP contribution in [0.4, 0.5) is 10.1 Å². The highest BCUT2D eigenvalue weighted by molar-refractivity contribution is 7.90. The summed E-state index contributed by atoms with van der Waals surface area (Å²) in [6, 6.07) is 18.4. The van der Waals surface area contributed by atoms with Gasteiger partial charge in [0.25, 0.3) is 0 Å². The van der Waals surface area contributed by atoms with Crippen molar-refractivity contribution in [1.29, 1.82) is 0 Å². The molecule has 8 nitrogen and oxygen atoms in total. The zero-order valence-electron chi connectivity index (χ0n) is 22.5. The van der Waals surface area contributed by atoms with Gasteiger partial charge in [-0.15, -0.1) is 0 Å². The lowest BCUT2D eigenvalue weighted by Gasteiger charge is -2.38. The van der Waals surface area contributed by atoms with Gasteiger partial charge in [-0.3, -0.25) is 9.78 Å². The summed E-state index contributed by atoms with van der Waals surface area (Å²) < 4.78 is 69.1. The molecule has 1 aromatic heterocycles. The van der Waals surface area contributed by atoms with Gasteiger partial charge in [0.2, 0.25) is 15.9 Å². The highest BCUT2D eigenvalue weighted by Crippen LogP contribution is 2.34. The largest absolute Gasteiger partial charge is 0.308 e. The second-order valence-electron chi connectivity index (χ2n) is 9.95. The third-order valence-electron chi connectivity index (χ3n) is 7.08. The number of sulfonamides is 1. The van der Waals surface area contributed by atoms with Crippen LogP contribution in [0.2, 0.25) is 5.02 Å². The van der Waals surface area contributed by atoms with Crippen molar-refractivity contribution in [3.63, 3.8) is 0 Å². The highest BCUT2D eigenvalue weighted by Gasteiger charge is 2.41. The number of halogens is 2.